The zero-order valence-electron chi connectivity index (χ0n) is 12.1. The van der Waals surface area contributed by atoms with Gasteiger partial charge < -0.3 is 15.5 Å². The maximum Gasteiger partial charge on any atom is 0.362 e. The van der Waals surface area contributed by atoms with Crippen molar-refractivity contribution in [3.05, 3.63) is 0 Å². The summed E-state index contributed by atoms with van der Waals surface area (Å²) in [5, 5.41) is 6.18. The third-order valence-electron chi connectivity index (χ3n) is 4.55. The van der Waals surface area contributed by atoms with Crippen LogP contribution >= 0.6 is 0 Å². The van der Waals surface area contributed by atoms with E-state index in [1.54, 1.807) is 0 Å². The monoisotopic (exact) mass is 332 g/mol. The highest BCUT2D eigenvalue weighted by Gasteiger charge is 2.60. The summed E-state index contributed by atoms with van der Waals surface area (Å²) in [7, 11) is -4.53. The number of β-lactam (4-membered cyclic amide) rings is 1. The molecule has 3 saturated heterocycles. The largest absolute Gasteiger partial charge is 0.362 e. The average Bonchev–Trinajstić information content (AvgIpc) is 2.60. The van der Waals surface area contributed by atoms with Crippen LogP contribution < -0.4 is 10.6 Å². The normalized spacial score (nSPS) is 32.2. The Morgan fingerprint density at radius 2 is 2.05 bits per heavy atom. The van der Waals surface area contributed by atoms with Crippen LogP contribution in [0.25, 0.3) is 0 Å². The van der Waals surface area contributed by atoms with E-state index < -0.39 is 28.3 Å². The summed E-state index contributed by atoms with van der Waals surface area (Å²) in [5.74, 6) is -0.734. The lowest BCUT2D eigenvalue weighted by molar-refractivity contribution is -0.143. The SMILES string of the molecule is O=C(N[C@H]1CCCNCC1)N1CC[C@@H]2[C@H]1C(=O)N2S(=O)(=O)O. The van der Waals surface area contributed by atoms with Crippen LogP contribution in [0.5, 0.6) is 0 Å². The van der Waals surface area contributed by atoms with Crippen LogP contribution in [0.15, 0.2) is 0 Å². The zero-order chi connectivity index (χ0) is 15.9. The van der Waals surface area contributed by atoms with Gasteiger partial charge in [-0.2, -0.15) is 8.42 Å². The predicted octanol–water partition coefficient (Wildman–Crippen LogP) is -1.07. The lowest BCUT2D eigenvalue weighted by Gasteiger charge is -2.42. The van der Waals surface area contributed by atoms with E-state index in [-0.39, 0.29) is 12.1 Å². The van der Waals surface area contributed by atoms with Crippen molar-refractivity contribution in [3.8, 4) is 0 Å². The first-order valence-electron chi connectivity index (χ1n) is 7.48. The molecule has 3 aliphatic heterocycles. The van der Waals surface area contributed by atoms with Gasteiger partial charge in [-0.15, -0.1) is 0 Å². The van der Waals surface area contributed by atoms with Crippen LogP contribution in [0.3, 0.4) is 0 Å². The molecule has 3 amide bonds. The second-order valence-electron chi connectivity index (χ2n) is 5.93. The lowest BCUT2D eigenvalue weighted by Crippen LogP contribution is -2.69. The molecule has 0 aromatic heterocycles. The third-order valence-corrected chi connectivity index (χ3v) is 5.50. The van der Waals surface area contributed by atoms with Gasteiger partial charge in [0.1, 0.15) is 6.04 Å². The van der Waals surface area contributed by atoms with E-state index in [1.165, 1.54) is 4.90 Å². The zero-order valence-corrected chi connectivity index (χ0v) is 12.9. The molecule has 3 atom stereocenters. The molecule has 0 spiro atoms. The maximum absolute atomic E-state index is 12.3. The van der Waals surface area contributed by atoms with Gasteiger partial charge in [-0.1, -0.05) is 0 Å². The van der Waals surface area contributed by atoms with Crippen LogP contribution in [0.1, 0.15) is 25.7 Å². The molecule has 3 fully saturated rings. The molecule has 9 nitrogen and oxygen atoms in total. The molecule has 0 bridgehead atoms. The number of urea groups is 1. The van der Waals surface area contributed by atoms with E-state index in [4.69, 9.17) is 4.55 Å². The molecule has 0 aromatic rings. The van der Waals surface area contributed by atoms with E-state index in [0.717, 1.165) is 32.4 Å². The van der Waals surface area contributed by atoms with E-state index in [2.05, 4.69) is 10.6 Å². The highest BCUT2D eigenvalue weighted by molar-refractivity contribution is 7.84. The number of nitrogens with zero attached hydrogens (tertiary/aromatic N) is 2. The van der Waals surface area contributed by atoms with E-state index in [1.807, 2.05) is 0 Å². The molecule has 0 saturated carbocycles. The number of hydrogen-bond acceptors (Lipinski definition) is 5. The van der Waals surface area contributed by atoms with Gasteiger partial charge in [-0.3, -0.25) is 9.35 Å². The summed E-state index contributed by atoms with van der Waals surface area (Å²) in [5.41, 5.74) is 0. The van der Waals surface area contributed by atoms with E-state index in [0.29, 0.717) is 17.3 Å². The molecule has 124 valence electrons. The van der Waals surface area contributed by atoms with Gasteiger partial charge >= 0.3 is 16.3 Å². The number of fused-ring (bicyclic) bond motifs is 1. The van der Waals surface area contributed by atoms with Crippen LogP contribution in [0.4, 0.5) is 4.79 Å². The summed E-state index contributed by atoms with van der Waals surface area (Å²) in [6, 6.07) is -1.67. The van der Waals surface area contributed by atoms with Crippen molar-refractivity contribution in [1.29, 1.82) is 0 Å². The number of hydrogen-bond donors (Lipinski definition) is 3. The molecule has 3 N–H and O–H groups in total. The molecule has 3 heterocycles. The number of carbonyl (C=O) groups is 2. The first kappa shape index (κ1) is 15.5. The van der Waals surface area contributed by atoms with Gasteiger partial charge in [-0.25, -0.2) is 9.10 Å². The van der Waals surface area contributed by atoms with Gasteiger partial charge in [0.15, 0.2) is 0 Å². The Hall–Kier alpha value is -1.39. The summed E-state index contributed by atoms with van der Waals surface area (Å²) in [6.45, 7) is 2.08. The van der Waals surface area contributed by atoms with Crippen molar-refractivity contribution in [2.75, 3.05) is 19.6 Å². The van der Waals surface area contributed by atoms with Crippen molar-refractivity contribution in [2.45, 2.75) is 43.8 Å². The standard InChI is InChI=1S/C12H20N4O5S/c17-11-10-9(16(11)22(19,20)21)4-7-15(10)12(18)14-8-2-1-5-13-6-3-8/h8-10,13H,1-7H2,(H,14,18)(H,19,20,21)/t8-,9+,10-/m0/s1. The second kappa shape index (κ2) is 5.67. The molecular formula is C12H20N4O5S. The lowest BCUT2D eigenvalue weighted by atomic mass is 10.0. The quantitative estimate of drug-likeness (QED) is 0.437. The summed E-state index contributed by atoms with van der Waals surface area (Å²) < 4.78 is 31.8. The average molecular weight is 332 g/mol. The van der Waals surface area contributed by atoms with Crippen molar-refractivity contribution < 1.29 is 22.6 Å². The minimum absolute atomic E-state index is 0.0643. The summed E-state index contributed by atoms with van der Waals surface area (Å²) >= 11 is 0. The predicted molar refractivity (Wildman–Crippen MR) is 76.3 cm³/mol. The minimum atomic E-state index is -4.53. The molecule has 0 aliphatic carbocycles. The molecule has 0 radical (unpaired) electrons. The van der Waals surface area contributed by atoms with Gasteiger partial charge in [-0.05, 0) is 38.8 Å². The highest BCUT2D eigenvalue weighted by Crippen LogP contribution is 2.35. The Morgan fingerprint density at radius 3 is 2.77 bits per heavy atom. The maximum atomic E-state index is 12.3. The third kappa shape index (κ3) is 2.66. The molecule has 10 heteroatoms. The van der Waals surface area contributed by atoms with Gasteiger partial charge in [0, 0.05) is 12.6 Å². The second-order valence-corrected chi connectivity index (χ2v) is 7.22. The van der Waals surface area contributed by atoms with E-state index >= 15 is 0 Å². The number of rotatable bonds is 2. The summed E-state index contributed by atoms with van der Waals surface area (Å²) in [4.78, 5) is 25.6. The van der Waals surface area contributed by atoms with Crippen molar-refractivity contribution in [1.82, 2.24) is 19.8 Å². The Balaban J connectivity index is 1.62. The Morgan fingerprint density at radius 1 is 1.27 bits per heavy atom. The minimum Gasteiger partial charge on any atom is -0.335 e. The molecule has 0 unspecified atom stereocenters. The van der Waals surface area contributed by atoms with Crippen molar-refractivity contribution in [2.24, 2.45) is 0 Å². The van der Waals surface area contributed by atoms with Crippen LogP contribution in [0.2, 0.25) is 0 Å². The fraction of sp³-hybridized carbons (Fsp3) is 0.833. The Kier molecular flexibility index (Phi) is 4.00. The Labute approximate surface area is 128 Å². The topological polar surface area (TPSA) is 119 Å². The molecule has 3 aliphatic rings. The van der Waals surface area contributed by atoms with Crippen molar-refractivity contribution in [3.63, 3.8) is 0 Å². The first-order valence-corrected chi connectivity index (χ1v) is 8.88. The van der Waals surface area contributed by atoms with Gasteiger partial charge in [0.05, 0.1) is 6.04 Å². The van der Waals surface area contributed by atoms with Crippen LogP contribution in [-0.2, 0) is 15.1 Å². The Bertz CT molecular complexity index is 572. The fourth-order valence-electron chi connectivity index (χ4n) is 3.46. The van der Waals surface area contributed by atoms with Gasteiger partial charge in [0.25, 0.3) is 5.91 Å². The number of amides is 3. The smallest absolute Gasteiger partial charge is 0.335 e. The number of nitrogens with one attached hydrogen (secondary N) is 2. The molecular weight excluding hydrogens is 312 g/mol. The molecule has 3 rings (SSSR count). The molecule has 0 aromatic carbocycles. The molecule has 22 heavy (non-hydrogen) atoms. The van der Waals surface area contributed by atoms with Crippen molar-refractivity contribution >= 4 is 22.2 Å². The van der Waals surface area contributed by atoms with E-state index in [9.17, 15) is 18.0 Å². The van der Waals surface area contributed by atoms with Crippen LogP contribution in [0, 0.1) is 0 Å². The fourth-order valence-corrected chi connectivity index (χ4v) is 4.36. The number of likely N-dealkylation sites (tertiary alicyclic amines) is 1. The van der Waals surface area contributed by atoms with Gasteiger partial charge in [0.2, 0.25) is 0 Å². The van der Waals surface area contributed by atoms with Crippen LogP contribution in [-0.4, -0.2) is 71.9 Å². The highest BCUT2D eigenvalue weighted by atomic mass is 32.2. The summed E-state index contributed by atoms with van der Waals surface area (Å²) in [6.07, 6.45) is 3.05. The first-order chi connectivity index (χ1) is 10.4. The number of carbonyl (C=O) groups excluding carboxylic acids is 2.